The SMILES string of the molecule is COc1cccc(COC(=O)CON)c1. The summed E-state index contributed by atoms with van der Waals surface area (Å²) in [6.45, 7) is -0.0661. The van der Waals surface area contributed by atoms with E-state index in [1.54, 1.807) is 13.2 Å². The fourth-order valence-corrected chi connectivity index (χ4v) is 1.04. The van der Waals surface area contributed by atoms with Crippen LogP contribution in [0.3, 0.4) is 0 Å². The quantitative estimate of drug-likeness (QED) is 0.571. The molecule has 0 aliphatic heterocycles. The number of methoxy groups -OCH3 is 1. The molecule has 0 aliphatic carbocycles. The highest BCUT2D eigenvalue weighted by Crippen LogP contribution is 2.13. The summed E-state index contributed by atoms with van der Waals surface area (Å²) in [4.78, 5) is 15.1. The van der Waals surface area contributed by atoms with Gasteiger partial charge in [-0.3, -0.25) is 4.84 Å². The monoisotopic (exact) mass is 211 g/mol. The van der Waals surface area contributed by atoms with Crippen LogP contribution in [0.2, 0.25) is 0 Å². The van der Waals surface area contributed by atoms with Gasteiger partial charge in [-0.1, -0.05) is 12.1 Å². The summed E-state index contributed by atoms with van der Waals surface area (Å²) in [5, 5.41) is 0. The molecule has 0 atom stereocenters. The van der Waals surface area contributed by atoms with Crippen molar-refractivity contribution in [3.8, 4) is 5.75 Å². The second-order valence-electron chi connectivity index (χ2n) is 2.82. The topological polar surface area (TPSA) is 70.8 Å². The Morgan fingerprint density at radius 2 is 2.27 bits per heavy atom. The molecule has 5 heteroatoms. The predicted octanol–water partition coefficient (Wildman–Crippen LogP) is 0.629. The lowest BCUT2D eigenvalue weighted by Crippen LogP contribution is -2.15. The predicted molar refractivity (Wildman–Crippen MR) is 52.9 cm³/mol. The van der Waals surface area contributed by atoms with Crippen LogP contribution in [0, 0.1) is 0 Å². The average Bonchev–Trinajstić information content (AvgIpc) is 2.27. The maximum absolute atomic E-state index is 10.9. The number of carbonyl (C=O) groups excluding carboxylic acids is 1. The van der Waals surface area contributed by atoms with Crippen molar-refractivity contribution in [3.05, 3.63) is 29.8 Å². The molecule has 0 saturated carbocycles. The lowest BCUT2D eigenvalue weighted by Gasteiger charge is -2.05. The van der Waals surface area contributed by atoms with E-state index in [0.29, 0.717) is 0 Å². The highest BCUT2D eigenvalue weighted by Gasteiger charge is 2.02. The van der Waals surface area contributed by atoms with Gasteiger partial charge >= 0.3 is 5.97 Å². The van der Waals surface area contributed by atoms with Crippen LogP contribution in [-0.4, -0.2) is 19.7 Å². The van der Waals surface area contributed by atoms with E-state index in [1.165, 1.54) is 0 Å². The molecular formula is C10H13NO4. The van der Waals surface area contributed by atoms with Crippen LogP contribution in [0.15, 0.2) is 24.3 Å². The molecule has 0 unspecified atom stereocenters. The Morgan fingerprint density at radius 1 is 1.47 bits per heavy atom. The van der Waals surface area contributed by atoms with E-state index in [2.05, 4.69) is 4.84 Å². The van der Waals surface area contributed by atoms with E-state index in [4.69, 9.17) is 15.4 Å². The number of benzene rings is 1. The van der Waals surface area contributed by atoms with Gasteiger partial charge in [0, 0.05) is 0 Å². The molecular weight excluding hydrogens is 198 g/mol. The molecule has 0 fully saturated rings. The summed E-state index contributed by atoms with van der Waals surface area (Å²) in [7, 11) is 1.58. The van der Waals surface area contributed by atoms with Crippen LogP contribution in [-0.2, 0) is 21.0 Å². The number of hydrogen-bond acceptors (Lipinski definition) is 5. The molecule has 1 aromatic carbocycles. The van der Waals surface area contributed by atoms with Crippen molar-refractivity contribution in [1.29, 1.82) is 0 Å². The third kappa shape index (κ3) is 3.97. The first kappa shape index (κ1) is 11.5. The normalized spacial score (nSPS) is 9.73. The molecule has 1 aromatic rings. The number of rotatable bonds is 5. The fourth-order valence-electron chi connectivity index (χ4n) is 1.04. The van der Waals surface area contributed by atoms with Crippen molar-refractivity contribution < 1.29 is 19.1 Å². The van der Waals surface area contributed by atoms with E-state index in [0.717, 1.165) is 11.3 Å². The van der Waals surface area contributed by atoms with Crippen molar-refractivity contribution in [1.82, 2.24) is 0 Å². The van der Waals surface area contributed by atoms with Crippen molar-refractivity contribution in [2.75, 3.05) is 13.7 Å². The first-order chi connectivity index (χ1) is 7.26. The van der Waals surface area contributed by atoms with Crippen molar-refractivity contribution in [2.24, 2.45) is 5.90 Å². The van der Waals surface area contributed by atoms with Gasteiger partial charge in [-0.25, -0.2) is 10.7 Å². The van der Waals surface area contributed by atoms with E-state index < -0.39 is 5.97 Å². The molecule has 0 radical (unpaired) electrons. The number of hydrogen-bond donors (Lipinski definition) is 1. The Morgan fingerprint density at radius 3 is 2.93 bits per heavy atom. The first-order valence-electron chi connectivity index (χ1n) is 4.36. The van der Waals surface area contributed by atoms with Gasteiger partial charge in [0.15, 0.2) is 6.61 Å². The molecule has 0 amide bonds. The zero-order valence-electron chi connectivity index (χ0n) is 8.43. The largest absolute Gasteiger partial charge is 0.497 e. The summed E-state index contributed by atoms with van der Waals surface area (Å²) in [6.07, 6.45) is 0. The highest BCUT2D eigenvalue weighted by atomic mass is 16.6. The summed E-state index contributed by atoms with van der Waals surface area (Å²) in [6, 6.07) is 7.26. The number of nitrogens with two attached hydrogens (primary N) is 1. The molecule has 82 valence electrons. The average molecular weight is 211 g/mol. The Balaban J connectivity index is 2.46. The summed E-state index contributed by atoms with van der Waals surface area (Å²) >= 11 is 0. The van der Waals surface area contributed by atoms with Crippen LogP contribution < -0.4 is 10.6 Å². The molecule has 0 aliphatic rings. The van der Waals surface area contributed by atoms with Crippen LogP contribution in [0.5, 0.6) is 5.75 Å². The Kier molecular flexibility index (Phi) is 4.59. The number of ether oxygens (including phenoxy) is 2. The molecule has 0 saturated heterocycles. The van der Waals surface area contributed by atoms with Gasteiger partial charge in [-0.2, -0.15) is 0 Å². The maximum atomic E-state index is 10.9. The molecule has 0 bridgehead atoms. The maximum Gasteiger partial charge on any atom is 0.334 e. The van der Waals surface area contributed by atoms with Gasteiger partial charge in [0.1, 0.15) is 12.4 Å². The fraction of sp³-hybridized carbons (Fsp3) is 0.300. The Labute approximate surface area is 87.7 Å². The minimum Gasteiger partial charge on any atom is -0.497 e. The molecule has 0 heterocycles. The number of carbonyl (C=O) groups is 1. The van der Waals surface area contributed by atoms with E-state index >= 15 is 0 Å². The molecule has 1 rings (SSSR count). The molecule has 0 spiro atoms. The molecule has 15 heavy (non-hydrogen) atoms. The zero-order chi connectivity index (χ0) is 11.1. The van der Waals surface area contributed by atoms with Crippen molar-refractivity contribution in [3.63, 3.8) is 0 Å². The van der Waals surface area contributed by atoms with E-state index in [-0.39, 0.29) is 13.2 Å². The van der Waals surface area contributed by atoms with Gasteiger partial charge in [0.25, 0.3) is 0 Å². The minimum absolute atomic E-state index is 0.180. The van der Waals surface area contributed by atoms with Crippen molar-refractivity contribution in [2.45, 2.75) is 6.61 Å². The minimum atomic E-state index is -0.500. The Bertz CT molecular complexity index is 327. The standard InChI is InChI=1S/C10H13NO4/c1-13-9-4-2-3-8(5-9)6-14-10(12)7-15-11/h2-5H,6-7,11H2,1H3. The number of esters is 1. The Hall–Kier alpha value is -1.59. The lowest BCUT2D eigenvalue weighted by molar-refractivity contribution is -0.150. The molecule has 5 nitrogen and oxygen atoms in total. The molecule has 2 N–H and O–H groups in total. The van der Waals surface area contributed by atoms with Gasteiger partial charge in [-0.05, 0) is 17.7 Å². The zero-order valence-corrected chi connectivity index (χ0v) is 8.43. The summed E-state index contributed by atoms with van der Waals surface area (Å²) < 4.78 is 9.89. The van der Waals surface area contributed by atoms with Gasteiger partial charge < -0.3 is 9.47 Å². The van der Waals surface area contributed by atoms with Crippen molar-refractivity contribution >= 4 is 5.97 Å². The van der Waals surface area contributed by atoms with Gasteiger partial charge in [0.2, 0.25) is 0 Å². The van der Waals surface area contributed by atoms with Gasteiger partial charge in [-0.15, -0.1) is 0 Å². The van der Waals surface area contributed by atoms with E-state index in [9.17, 15) is 4.79 Å². The third-order valence-corrected chi connectivity index (χ3v) is 1.74. The summed E-state index contributed by atoms with van der Waals surface area (Å²) in [5.41, 5.74) is 0.847. The smallest absolute Gasteiger partial charge is 0.334 e. The van der Waals surface area contributed by atoms with Crippen LogP contribution in [0.4, 0.5) is 0 Å². The highest BCUT2D eigenvalue weighted by molar-refractivity contribution is 5.70. The summed E-state index contributed by atoms with van der Waals surface area (Å²) in [5.74, 6) is 4.94. The second-order valence-corrected chi connectivity index (χ2v) is 2.82. The molecule has 0 aromatic heterocycles. The van der Waals surface area contributed by atoms with Gasteiger partial charge in [0.05, 0.1) is 7.11 Å². The van der Waals surface area contributed by atoms with E-state index in [1.807, 2.05) is 18.2 Å². The second kappa shape index (κ2) is 6.00. The third-order valence-electron chi connectivity index (χ3n) is 1.74. The van der Waals surface area contributed by atoms with Crippen LogP contribution in [0.1, 0.15) is 5.56 Å². The van der Waals surface area contributed by atoms with Crippen LogP contribution >= 0.6 is 0 Å². The lowest BCUT2D eigenvalue weighted by atomic mass is 10.2. The van der Waals surface area contributed by atoms with Crippen LogP contribution in [0.25, 0.3) is 0 Å². The first-order valence-corrected chi connectivity index (χ1v) is 4.36.